The molecule has 1 amide bonds. The van der Waals surface area contributed by atoms with E-state index in [9.17, 15) is 13.2 Å². The fourth-order valence-electron chi connectivity index (χ4n) is 4.60. The van der Waals surface area contributed by atoms with Crippen molar-refractivity contribution in [3.8, 4) is 0 Å². The van der Waals surface area contributed by atoms with Crippen LogP contribution in [-0.4, -0.2) is 55.8 Å². The number of carbonyl (C=O) groups excluding carboxylic acids is 1. The molecule has 1 N–H and O–H groups in total. The normalized spacial score (nSPS) is 21.8. The van der Waals surface area contributed by atoms with Crippen LogP contribution in [0.1, 0.15) is 61.2 Å². The van der Waals surface area contributed by atoms with Crippen LogP contribution in [-0.2, 0) is 10.0 Å². The fraction of sp³-hybridized carbons (Fsp3) is 0.522. The van der Waals surface area contributed by atoms with E-state index in [4.69, 9.17) is 4.42 Å². The number of nitrogens with one attached hydrogen (secondary N) is 1. The molecule has 1 aromatic carbocycles. The number of sulfonamides is 1. The van der Waals surface area contributed by atoms with Crippen LogP contribution in [0.4, 0.5) is 0 Å². The zero-order valence-corrected chi connectivity index (χ0v) is 18.8. The van der Waals surface area contributed by atoms with Gasteiger partial charge in [-0.3, -0.25) is 9.69 Å². The standard InChI is InChI=1S/C23H31N3O4S/c1-18-8-2-3-14-26(18)31(28,29)20-10-6-9-19(16-20)23(27)24-17-21(22-11-7-15-30-22)25-12-4-5-13-25/h6-7,9-11,15-16,18,21H,2-5,8,12-14,17H2,1H3,(H,24,27)/t18-,21+/m0/s1. The van der Waals surface area contributed by atoms with Crippen LogP contribution in [0.15, 0.2) is 52.0 Å². The first-order valence-corrected chi connectivity index (χ1v) is 12.6. The quantitative estimate of drug-likeness (QED) is 0.706. The van der Waals surface area contributed by atoms with Crippen molar-refractivity contribution in [1.29, 1.82) is 0 Å². The van der Waals surface area contributed by atoms with Crippen LogP contribution < -0.4 is 5.32 Å². The van der Waals surface area contributed by atoms with Gasteiger partial charge in [0.15, 0.2) is 0 Å². The molecule has 8 heteroatoms. The first kappa shape index (κ1) is 22.0. The third-order valence-electron chi connectivity index (χ3n) is 6.35. The summed E-state index contributed by atoms with van der Waals surface area (Å²) < 4.78 is 33.5. The minimum atomic E-state index is -3.62. The van der Waals surface area contributed by atoms with Gasteiger partial charge in [-0.05, 0) is 76.0 Å². The first-order valence-electron chi connectivity index (χ1n) is 11.1. The van der Waals surface area contributed by atoms with Crippen molar-refractivity contribution in [2.45, 2.75) is 56.0 Å². The maximum absolute atomic E-state index is 13.1. The molecule has 2 aliphatic heterocycles. The molecule has 4 rings (SSSR count). The van der Waals surface area contributed by atoms with Crippen LogP contribution >= 0.6 is 0 Å². The predicted octanol–water partition coefficient (Wildman–Crippen LogP) is 3.41. The van der Waals surface area contributed by atoms with Gasteiger partial charge in [-0.2, -0.15) is 4.31 Å². The van der Waals surface area contributed by atoms with Gasteiger partial charge in [0.2, 0.25) is 10.0 Å². The number of likely N-dealkylation sites (tertiary alicyclic amines) is 1. The first-order chi connectivity index (χ1) is 15.0. The Morgan fingerprint density at radius 2 is 1.90 bits per heavy atom. The second-order valence-electron chi connectivity index (χ2n) is 8.47. The number of hydrogen-bond donors (Lipinski definition) is 1. The van der Waals surface area contributed by atoms with E-state index in [0.717, 1.165) is 51.0 Å². The highest BCUT2D eigenvalue weighted by atomic mass is 32.2. The third kappa shape index (κ3) is 4.86. The maximum atomic E-state index is 13.1. The number of amides is 1. The molecule has 0 bridgehead atoms. The van der Waals surface area contributed by atoms with E-state index in [1.165, 1.54) is 6.07 Å². The van der Waals surface area contributed by atoms with Gasteiger partial charge < -0.3 is 9.73 Å². The number of hydrogen-bond acceptors (Lipinski definition) is 5. The average molecular weight is 446 g/mol. The highest BCUT2D eigenvalue weighted by Crippen LogP contribution is 2.27. The fourth-order valence-corrected chi connectivity index (χ4v) is 6.34. The minimum Gasteiger partial charge on any atom is -0.468 e. The molecule has 1 aromatic heterocycles. The van der Waals surface area contributed by atoms with Gasteiger partial charge in [-0.25, -0.2) is 8.42 Å². The van der Waals surface area contributed by atoms with Crippen molar-refractivity contribution < 1.29 is 17.6 Å². The van der Waals surface area contributed by atoms with Crippen LogP contribution in [0, 0.1) is 0 Å². The van der Waals surface area contributed by atoms with Gasteiger partial charge in [0.25, 0.3) is 5.91 Å². The van der Waals surface area contributed by atoms with Gasteiger partial charge in [-0.15, -0.1) is 0 Å². The predicted molar refractivity (Wildman–Crippen MR) is 118 cm³/mol. The lowest BCUT2D eigenvalue weighted by molar-refractivity contribution is 0.0933. The number of nitrogens with zero attached hydrogens (tertiary/aromatic N) is 2. The summed E-state index contributed by atoms with van der Waals surface area (Å²) in [6.45, 7) is 4.83. The van der Waals surface area contributed by atoms with Crippen molar-refractivity contribution >= 4 is 15.9 Å². The van der Waals surface area contributed by atoms with Gasteiger partial charge in [-0.1, -0.05) is 12.5 Å². The summed E-state index contributed by atoms with van der Waals surface area (Å²) >= 11 is 0. The van der Waals surface area contributed by atoms with Gasteiger partial charge in [0.05, 0.1) is 17.2 Å². The molecule has 2 aliphatic rings. The van der Waals surface area contributed by atoms with E-state index < -0.39 is 10.0 Å². The van der Waals surface area contributed by atoms with Crippen molar-refractivity contribution in [1.82, 2.24) is 14.5 Å². The van der Waals surface area contributed by atoms with Crippen molar-refractivity contribution in [2.75, 3.05) is 26.2 Å². The molecular formula is C23H31N3O4S. The van der Waals surface area contributed by atoms with Gasteiger partial charge in [0.1, 0.15) is 5.76 Å². The molecule has 2 fully saturated rings. The Labute approximate surface area is 184 Å². The molecule has 2 saturated heterocycles. The SMILES string of the molecule is C[C@H]1CCCCN1S(=O)(=O)c1cccc(C(=O)NC[C@H](c2ccco2)N2CCCC2)c1. The topological polar surface area (TPSA) is 82.9 Å². The molecule has 168 valence electrons. The van der Waals surface area contributed by atoms with Crippen LogP contribution in [0.2, 0.25) is 0 Å². The largest absolute Gasteiger partial charge is 0.468 e. The molecule has 0 spiro atoms. The number of benzene rings is 1. The van der Waals surface area contributed by atoms with E-state index in [1.54, 1.807) is 28.8 Å². The van der Waals surface area contributed by atoms with E-state index in [-0.39, 0.29) is 22.9 Å². The highest BCUT2D eigenvalue weighted by molar-refractivity contribution is 7.89. The lowest BCUT2D eigenvalue weighted by Crippen LogP contribution is -2.42. The van der Waals surface area contributed by atoms with Crippen molar-refractivity contribution in [3.05, 3.63) is 54.0 Å². The molecule has 2 atom stereocenters. The van der Waals surface area contributed by atoms with Crippen molar-refractivity contribution in [3.63, 3.8) is 0 Å². The number of carbonyl (C=O) groups is 1. The summed E-state index contributed by atoms with van der Waals surface area (Å²) in [6.07, 6.45) is 6.71. The second kappa shape index (κ2) is 9.54. The minimum absolute atomic E-state index is 0.0225. The summed E-state index contributed by atoms with van der Waals surface area (Å²) in [6, 6.07) is 10.1. The molecule has 2 aromatic rings. The summed E-state index contributed by atoms with van der Waals surface area (Å²) in [7, 11) is -3.62. The van der Waals surface area contributed by atoms with E-state index >= 15 is 0 Å². The molecular weight excluding hydrogens is 414 g/mol. The Balaban J connectivity index is 1.47. The Morgan fingerprint density at radius 3 is 2.61 bits per heavy atom. The third-order valence-corrected chi connectivity index (χ3v) is 8.36. The molecule has 0 saturated carbocycles. The Bertz CT molecular complexity index is 984. The number of rotatable bonds is 7. The summed E-state index contributed by atoms with van der Waals surface area (Å²) in [5, 5.41) is 2.98. The molecule has 0 aliphatic carbocycles. The average Bonchev–Trinajstić information content (AvgIpc) is 3.49. The second-order valence-corrected chi connectivity index (χ2v) is 10.4. The Morgan fingerprint density at radius 1 is 1.13 bits per heavy atom. The van der Waals surface area contributed by atoms with Crippen LogP contribution in [0.5, 0.6) is 0 Å². The van der Waals surface area contributed by atoms with Crippen LogP contribution in [0.3, 0.4) is 0 Å². The van der Waals surface area contributed by atoms with Gasteiger partial charge >= 0.3 is 0 Å². The Kier molecular flexibility index (Phi) is 6.79. The number of piperidine rings is 1. The lowest BCUT2D eigenvalue weighted by Gasteiger charge is -2.32. The molecule has 0 radical (unpaired) electrons. The van der Waals surface area contributed by atoms with Crippen LogP contribution in [0.25, 0.3) is 0 Å². The zero-order valence-electron chi connectivity index (χ0n) is 18.0. The smallest absolute Gasteiger partial charge is 0.251 e. The molecule has 3 heterocycles. The molecule has 7 nitrogen and oxygen atoms in total. The molecule has 0 unspecified atom stereocenters. The van der Waals surface area contributed by atoms with E-state index in [2.05, 4.69) is 10.2 Å². The number of furan rings is 1. The van der Waals surface area contributed by atoms with Crippen molar-refractivity contribution in [2.24, 2.45) is 0 Å². The van der Waals surface area contributed by atoms with Gasteiger partial charge in [0, 0.05) is 24.7 Å². The Hall–Kier alpha value is -2.16. The summed E-state index contributed by atoms with van der Waals surface area (Å²) in [5.74, 6) is 0.553. The highest BCUT2D eigenvalue weighted by Gasteiger charge is 2.31. The summed E-state index contributed by atoms with van der Waals surface area (Å²) in [4.78, 5) is 15.4. The zero-order chi connectivity index (χ0) is 21.8. The monoisotopic (exact) mass is 445 g/mol. The van der Waals surface area contributed by atoms with E-state index in [0.29, 0.717) is 18.7 Å². The summed E-state index contributed by atoms with van der Waals surface area (Å²) in [5.41, 5.74) is 0.352. The lowest BCUT2D eigenvalue weighted by atomic mass is 10.1. The maximum Gasteiger partial charge on any atom is 0.251 e. The molecule has 31 heavy (non-hydrogen) atoms. The van der Waals surface area contributed by atoms with E-state index in [1.807, 2.05) is 19.1 Å².